The van der Waals surface area contributed by atoms with Crippen LogP contribution in [0.15, 0.2) is 42.5 Å². The lowest BCUT2D eigenvalue weighted by atomic mass is 10.00. The molecule has 0 bridgehead atoms. The molecule has 0 spiro atoms. The van der Waals surface area contributed by atoms with E-state index < -0.39 is 11.6 Å². The van der Waals surface area contributed by atoms with E-state index in [9.17, 15) is 14.0 Å². The van der Waals surface area contributed by atoms with Gasteiger partial charge in [0.1, 0.15) is 0 Å². The van der Waals surface area contributed by atoms with Gasteiger partial charge in [-0.3, -0.25) is 4.79 Å². The van der Waals surface area contributed by atoms with Crippen molar-refractivity contribution < 1.29 is 19.1 Å². The summed E-state index contributed by atoms with van der Waals surface area (Å²) < 4.78 is 14.1. The SMILES string of the molecule is O=C(CCCc1ccc2c(c1)-c1ccccc1C2)N1CCC(F)(C(=O)O)C1. The van der Waals surface area contributed by atoms with Crippen LogP contribution in [0.25, 0.3) is 11.1 Å². The molecule has 1 saturated heterocycles. The summed E-state index contributed by atoms with van der Waals surface area (Å²) in [5, 5.41) is 8.93. The van der Waals surface area contributed by atoms with Crippen LogP contribution in [0.3, 0.4) is 0 Å². The van der Waals surface area contributed by atoms with Crippen molar-refractivity contribution in [2.75, 3.05) is 13.1 Å². The molecule has 1 amide bonds. The third-order valence-corrected chi connectivity index (χ3v) is 5.67. The van der Waals surface area contributed by atoms with Crippen LogP contribution >= 0.6 is 0 Å². The van der Waals surface area contributed by atoms with Crippen LogP contribution in [0.1, 0.15) is 36.0 Å². The Balaban J connectivity index is 1.35. The fraction of sp³-hybridized carbons (Fsp3) is 0.364. The lowest BCUT2D eigenvalue weighted by Gasteiger charge is -2.17. The van der Waals surface area contributed by atoms with Crippen LogP contribution in [-0.4, -0.2) is 40.6 Å². The number of hydrogen-bond donors (Lipinski definition) is 1. The number of benzene rings is 2. The Morgan fingerprint density at radius 1 is 1.11 bits per heavy atom. The fourth-order valence-electron chi connectivity index (χ4n) is 4.09. The van der Waals surface area contributed by atoms with Crippen molar-refractivity contribution in [1.29, 1.82) is 0 Å². The van der Waals surface area contributed by atoms with E-state index in [0.717, 1.165) is 12.8 Å². The first-order valence-corrected chi connectivity index (χ1v) is 9.36. The molecule has 1 atom stereocenters. The van der Waals surface area contributed by atoms with Crippen molar-refractivity contribution in [1.82, 2.24) is 4.90 Å². The highest BCUT2D eigenvalue weighted by atomic mass is 19.1. The minimum Gasteiger partial charge on any atom is -0.479 e. The first kappa shape index (κ1) is 17.7. The van der Waals surface area contributed by atoms with Crippen LogP contribution < -0.4 is 0 Å². The van der Waals surface area contributed by atoms with Crippen LogP contribution in [-0.2, 0) is 22.4 Å². The summed E-state index contributed by atoms with van der Waals surface area (Å²) in [6.45, 7) is -0.159. The van der Waals surface area contributed by atoms with Crippen molar-refractivity contribution in [3.63, 3.8) is 0 Å². The Morgan fingerprint density at radius 2 is 1.89 bits per heavy atom. The molecule has 2 aromatic rings. The monoisotopic (exact) mass is 367 g/mol. The standard InChI is InChI=1S/C22H22FNO3/c23-22(21(26)27)10-11-24(14-22)20(25)7-3-4-15-8-9-17-13-16-5-1-2-6-18(16)19(17)12-15/h1-2,5-6,8-9,12H,3-4,7,10-11,13-14H2,(H,26,27). The molecule has 27 heavy (non-hydrogen) atoms. The number of halogens is 1. The largest absolute Gasteiger partial charge is 0.479 e. The van der Waals surface area contributed by atoms with Crippen molar-refractivity contribution in [2.24, 2.45) is 0 Å². The molecule has 0 aromatic heterocycles. The predicted octanol–water partition coefficient (Wildman–Crippen LogP) is 3.61. The van der Waals surface area contributed by atoms with E-state index in [0.29, 0.717) is 12.8 Å². The molecule has 1 unspecified atom stereocenters. The average Bonchev–Trinajstić information content (AvgIpc) is 3.23. The summed E-state index contributed by atoms with van der Waals surface area (Å²) in [6.07, 6.45) is 2.59. The lowest BCUT2D eigenvalue weighted by Crippen LogP contribution is -2.38. The van der Waals surface area contributed by atoms with Gasteiger partial charge in [-0.25, -0.2) is 9.18 Å². The third kappa shape index (κ3) is 3.34. The Hall–Kier alpha value is -2.69. The Morgan fingerprint density at radius 3 is 2.67 bits per heavy atom. The minimum absolute atomic E-state index is 0.127. The summed E-state index contributed by atoms with van der Waals surface area (Å²) in [5.41, 5.74) is 4.14. The number of amides is 1. The average molecular weight is 367 g/mol. The maximum Gasteiger partial charge on any atom is 0.343 e. The zero-order chi connectivity index (χ0) is 19.0. The molecule has 0 saturated carbocycles. The highest BCUT2D eigenvalue weighted by Gasteiger charge is 2.46. The first-order valence-electron chi connectivity index (χ1n) is 9.36. The maximum absolute atomic E-state index is 14.1. The van der Waals surface area contributed by atoms with Gasteiger partial charge >= 0.3 is 5.97 Å². The second kappa shape index (κ2) is 6.80. The highest BCUT2D eigenvalue weighted by Crippen LogP contribution is 2.37. The second-order valence-electron chi connectivity index (χ2n) is 7.51. The van der Waals surface area contributed by atoms with Crippen molar-refractivity contribution in [3.05, 3.63) is 59.2 Å². The number of carbonyl (C=O) groups is 2. The Kier molecular flexibility index (Phi) is 4.46. The number of aliphatic carboxylic acids is 1. The molecule has 1 heterocycles. The van der Waals surface area contributed by atoms with Gasteiger partial charge < -0.3 is 10.0 Å². The quantitative estimate of drug-likeness (QED) is 0.750. The van der Waals surface area contributed by atoms with Crippen LogP contribution in [0, 0.1) is 0 Å². The number of carbonyl (C=O) groups excluding carboxylic acids is 1. The second-order valence-corrected chi connectivity index (χ2v) is 7.51. The molecule has 1 aliphatic carbocycles. The summed E-state index contributed by atoms with van der Waals surface area (Å²) in [5.74, 6) is -1.64. The molecule has 1 N–H and O–H groups in total. The number of rotatable bonds is 5. The molecular weight excluding hydrogens is 345 g/mol. The minimum atomic E-state index is -2.29. The third-order valence-electron chi connectivity index (χ3n) is 5.67. The van der Waals surface area contributed by atoms with Gasteiger partial charge in [-0.2, -0.15) is 0 Å². The summed E-state index contributed by atoms with van der Waals surface area (Å²) in [7, 11) is 0. The zero-order valence-corrected chi connectivity index (χ0v) is 15.1. The van der Waals surface area contributed by atoms with Gasteiger partial charge in [0.2, 0.25) is 11.6 Å². The number of fused-ring (bicyclic) bond motifs is 3. The molecule has 2 aromatic carbocycles. The molecule has 0 radical (unpaired) electrons. The topological polar surface area (TPSA) is 57.6 Å². The van der Waals surface area contributed by atoms with Gasteiger partial charge in [0.05, 0.1) is 6.54 Å². The summed E-state index contributed by atoms with van der Waals surface area (Å²) in [4.78, 5) is 24.6. The highest BCUT2D eigenvalue weighted by molar-refractivity contribution is 5.82. The van der Waals surface area contributed by atoms with Gasteiger partial charge in [-0.05, 0) is 47.1 Å². The van der Waals surface area contributed by atoms with Gasteiger partial charge in [0, 0.05) is 19.4 Å². The van der Waals surface area contributed by atoms with E-state index in [-0.39, 0.29) is 25.4 Å². The number of hydrogen-bond acceptors (Lipinski definition) is 2. The number of nitrogens with zero attached hydrogens (tertiary/aromatic N) is 1. The zero-order valence-electron chi connectivity index (χ0n) is 15.1. The van der Waals surface area contributed by atoms with Crippen molar-refractivity contribution in [2.45, 2.75) is 37.8 Å². The van der Waals surface area contributed by atoms with Crippen molar-refractivity contribution >= 4 is 11.9 Å². The smallest absolute Gasteiger partial charge is 0.343 e. The van der Waals surface area contributed by atoms with Gasteiger partial charge in [0.15, 0.2) is 0 Å². The van der Waals surface area contributed by atoms with Gasteiger partial charge in [-0.1, -0.05) is 42.5 Å². The molecule has 2 aliphatic rings. The number of aryl methyl sites for hydroxylation is 1. The molecule has 5 heteroatoms. The van der Waals surface area contributed by atoms with Crippen LogP contribution in [0.5, 0.6) is 0 Å². The first-order chi connectivity index (χ1) is 13.0. The molecule has 1 fully saturated rings. The molecular formula is C22H22FNO3. The predicted molar refractivity (Wildman–Crippen MR) is 100 cm³/mol. The molecule has 4 nitrogen and oxygen atoms in total. The number of carboxylic acids is 1. The van der Waals surface area contributed by atoms with Gasteiger partial charge in [0.25, 0.3) is 0 Å². The normalized spacial score (nSPS) is 20.4. The van der Waals surface area contributed by atoms with E-state index >= 15 is 0 Å². The molecule has 140 valence electrons. The summed E-state index contributed by atoms with van der Waals surface area (Å²) >= 11 is 0. The van der Waals surface area contributed by atoms with E-state index in [1.165, 1.54) is 32.7 Å². The molecule has 1 aliphatic heterocycles. The van der Waals surface area contributed by atoms with Crippen molar-refractivity contribution in [3.8, 4) is 11.1 Å². The number of alkyl halides is 1. The lowest BCUT2D eigenvalue weighted by molar-refractivity contribution is -0.150. The Bertz CT molecular complexity index is 910. The molecule has 4 rings (SSSR count). The van der Waals surface area contributed by atoms with E-state index in [1.54, 1.807) is 0 Å². The van der Waals surface area contributed by atoms with E-state index in [1.807, 2.05) is 0 Å². The fourth-order valence-corrected chi connectivity index (χ4v) is 4.09. The number of likely N-dealkylation sites (tertiary alicyclic amines) is 1. The van der Waals surface area contributed by atoms with Crippen LogP contribution in [0.2, 0.25) is 0 Å². The summed E-state index contributed by atoms with van der Waals surface area (Å²) in [6, 6.07) is 14.9. The van der Waals surface area contributed by atoms with Gasteiger partial charge in [-0.15, -0.1) is 0 Å². The number of carboxylic acid groups (broad SMARTS) is 1. The Labute approximate surface area is 157 Å². The van der Waals surface area contributed by atoms with E-state index in [2.05, 4.69) is 42.5 Å². The van der Waals surface area contributed by atoms with Crippen LogP contribution in [0.4, 0.5) is 4.39 Å². The maximum atomic E-state index is 14.1. The van der Waals surface area contributed by atoms with E-state index in [4.69, 9.17) is 5.11 Å².